The van der Waals surface area contributed by atoms with Gasteiger partial charge in [0.15, 0.2) is 0 Å². The number of pyridine rings is 1. The SMILES string of the molecule is Nc1ccc(Cl)cc1Cc1ccncc1. The highest BCUT2D eigenvalue weighted by Gasteiger charge is 2.01. The molecule has 0 atom stereocenters. The summed E-state index contributed by atoms with van der Waals surface area (Å²) >= 11 is 5.92. The minimum atomic E-state index is 0.716. The first-order chi connectivity index (χ1) is 7.25. The molecule has 15 heavy (non-hydrogen) atoms. The molecule has 0 saturated heterocycles. The van der Waals surface area contributed by atoms with Crippen LogP contribution < -0.4 is 5.73 Å². The molecule has 0 saturated carbocycles. The Morgan fingerprint density at radius 2 is 1.87 bits per heavy atom. The summed E-state index contributed by atoms with van der Waals surface area (Å²) in [5.41, 5.74) is 8.87. The lowest BCUT2D eigenvalue weighted by atomic mass is 10.0. The summed E-state index contributed by atoms with van der Waals surface area (Å²) in [6, 6.07) is 9.48. The maximum Gasteiger partial charge on any atom is 0.0410 e. The van der Waals surface area contributed by atoms with Crippen LogP contribution in [0.2, 0.25) is 5.02 Å². The van der Waals surface area contributed by atoms with E-state index < -0.39 is 0 Å². The van der Waals surface area contributed by atoms with Gasteiger partial charge < -0.3 is 5.73 Å². The Balaban J connectivity index is 2.28. The van der Waals surface area contributed by atoms with Gasteiger partial charge in [-0.3, -0.25) is 4.98 Å². The number of rotatable bonds is 2. The second-order valence-corrected chi connectivity index (χ2v) is 3.81. The molecule has 0 aliphatic carbocycles. The molecule has 0 bridgehead atoms. The van der Waals surface area contributed by atoms with Gasteiger partial charge in [0, 0.05) is 23.1 Å². The van der Waals surface area contributed by atoms with Gasteiger partial charge >= 0.3 is 0 Å². The lowest BCUT2D eigenvalue weighted by Gasteiger charge is -2.05. The van der Waals surface area contributed by atoms with Crippen LogP contribution in [-0.2, 0) is 6.42 Å². The van der Waals surface area contributed by atoms with E-state index in [9.17, 15) is 0 Å². The van der Waals surface area contributed by atoms with E-state index in [2.05, 4.69) is 4.98 Å². The summed E-state index contributed by atoms with van der Waals surface area (Å²) in [5.74, 6) is 0. The van der Waals surface area contributed by atoms with Crippen molar-refractivity contribution in [2.24, 2.45) is 0 Å². The predicted octanol–water partition coefficient (Wildman–Crippen LogP) is 2.91. The largest absolute Gasteiger partial charge is 0.398 e. The van der Waals surface area contributed by atoms with E-state index in [1.54, 1.807) is 18.5 Å². The number of aromatic nitrogens is 1. The first kappa shape index (κ1) is 9.99. The van der Waals surface area contributed by atoms with Gasteiger partial charge in [0.25, 0.3) is 0 Å². The van der Waals surface area contributed by atoms with Crippen LogP contribution in [0.3, 0.4) is 0 Å². The van der Waals surface area contributed by atoms with Crippen molar-refractivity contribution in [1.29, 1.82) is 0 Å². The molecule has 3 heteroatoms. The second-order valence-electron chi connectivity index (χ2n) is 3.38. The molecule has 1 aromatic heterocycles. The summed E-state index contributed by atoms with van der Waals surface area (Å²) < 4.78 is 0. The van der Waals surface area contributed by atoms with E-state index in [4.69, 9.17) is 17.3 Å². The van der Waals surface area contributed by atoms with Gasteiger partial charge in [0.2, 0.25) is 0 Å². The van der Waals surface area contributed by atoms with Crippen LogP contribution in [0.1, 0.15) is 11.1 Å². The topological polar surface area (TPSA) is 38.9 Å². The van der Waals surface area contributed by atoms with Gasteiger partial charge in [0.1, 0.15) is 0 Å². The van der Waals surface area contributed by atoms with Gasteiger partial charge in [-0.2, -0.15) is 0 Å². The van der Waals surface area contributed by atoms with Crippen LogP contribution in [0.25, 0.3) is 0 Å². The average Bonchev–Trinajstić information content (AvgIpc) is 2.25. The van der Waals surface area contributed by atoms with Gasteiger partial charge in [-0.05, 0) is 47.9 Å². The highest BCUT2D eigenvalue weighted by Crippen LogP contribution is 2.20. The number of nitrogen functional groups attached to an aromatic ring is 1. The molecule has 0 aliphatic heterocycles. The average molecular weight is 219 g/mol. The third-order valence-electron chi connectivity index (χ3n) is 2.25. The van der Waals surface area contributed by atoms with Crippen LogP contribution in [0.4, 0.5) is 5.69 Å². The van der Waals surface area contributed by atoms with Crippen LogP contribution >= 0.6 is 11.6 Å². The minimum absolute atomic E-state index is 0.716. The summed E-state index contributed by atoms with van der Waals surface area (Å²) in [5, 5.41) is 0.716. The lowest BCUT2D eigenvalue weighted by molar-refractivity contribution is 1.17. The van der Waals surface area contributed by atoms with Crippen molar-refractivity contribution in [3.8, 4) is 0 Å². The number of hydrogen-bond donors (Lipinski definition) is 1. The van der Waals surface area contributed by atoms with Gasteiger partial charge in [-0.15, -0.1) is 0 Å². The van der Waals surface area contributed by atoms with E-state index in [1.165, 1.54) is 5.56 Å². The zero-order valence-electron chi connectivity index (χ0n) is 8.15. The number of benzene rings is 1. The van der Waals surface area contributed by atoms with Gasteiger partial charge in [-0.1, -0.05) is 11.6 Å². The smallest absolute Gasteiger partial charge is 0.0410 e. The molecule has 1 aromatic carbocycles. The highest BCUT2D eigenvalue weighted by molar-refractivity contribution is 6.30. The van der Waals surface area contributed by atoms with Gasteiger partial charge in [0.05, 0.1) is 0 Å². The number of hydrogen-bond acceptors (Lipinski definition) is 2. The monoisotopic (exact) mass is 218 g/mol. The van der Waals surface area contributed by atoms with Crippen LogP contribution in [0, 0.1) is 0 Å². The fourth-order valence-corrected chi connectivity index (χ4v) is 1.64. The number of nitrogens with zero attached hydrogens (tertiary/aromatic N) is 1. The molecule has 2 rings (SSSR count). The third kappa shape index (κ3) is 2.48. The molecule has 0 unspecified atom stereocenters. The summed E-state index contributed by atoms with van der Waals surface area (Å²) in [7, 11) is 0. The zero-order chi connectivity index (χ0) is 10.7. The maximum atomic E-state index is 5.92. The Morgan fingerprint density at radius 1 is 1.13 bits per heavy atom. The molecule has 0 amide bonds. The van der Waals surface area contributed by atoms with Crippen LogP contribution in [0.5, 0.6) is 0 Å². The van der Waals surface area contributed by atoms with E-state index in [0.717, 1.165) is 17.7 Å². The van der Waals surface area contributed by atoms with Crippen molar-refractivity contribution in [3.05, 3.63) is 58.9 Å². The first-order valence-electron chi connectivity index (χ1n) is 4.68. The van der Waals surface area contributed by atoms with Crippen LogP contribution in [0.15, 0.2) is 42.7 Å². The van der Waals surface area contributed by atoms with Gasteiger partial charge in [-0.25, -0.2) is 0 Å². The Hall–Kier alpha value is -1.54. The van der Waals surface area contributed by atoms with Crippen molar-refractivity contribution in [1.82, 2.24) is 4.98 Å². The molecule has 2 N–H and O–H groups in total. The van der Waals surface area contributed by atoms with Crippen molar-refractivity contribution in [2.75, 3.05) is 5.73 Å². The molecular formula is C12H11ClN2. The standard InChI is InChI=1S/C12H11ClN2/c13-11-1-2-12(14)10(8-11)7-9-3-5-15-6-4-9/h1-6,8H,7,14H2. The number of anilines is 1. The lowest BCUT2D eigenvalue weighted by Crippen LogP contribution is -1.95. The van der Waals surface area contributed by atoms with Crippen molar-refractivity contribution in [3.63, 3.8) is 0 Å². The zero-order valence-corrected chi connectivity index (χ0v) is 8.91. The van der Waals surface area contributed by atoms with E-state index in [0.29, 0.717) is 5.02 Å². The maximum absolute atomic E-state index is 5.92. The normalized spacial score (nSPS) is 10.2. The summed E-state index contributed by atoms with van der Waals surface area (Å²) in [6.07, 6.45) is 4.33. The van der Waals surface area contributed by atoms with E-state index in [1.807, 2.05) is 24.3 Å². The predicted molar refractivity (Wildman–Crippen MR) is 62.9 cm³/mol. The number of nitrogens with two attached hydrogens (primary N) is 1. The van der Waals surface area contributed by atoms with Crippen molar-refractivity contribution < 1.29 is 0 Å². The quantitative estimate of drug-likeness (QED) is 0.788. The Morgan fingerprint density at radius 3 is 2.60 bits per heavy atom. The Kier molecular flexibility index (Phi) is 2.88. The fraction of sp³-hybridized carbons (Fsp3) is 0.0833. The summed E-state index contributed by atoms with van der Waals surface area (Å²) in [4.78, 5) is 3.97. The first-order valence-corrected chi connectivity index (χ1v) is 5.06. The molecular weight excluding hydrogens is 208 g/mol. The Labute approximate surface area is 93.7 Å². The highest BCUT2D eigenvalue weighted by atomic mass is 35.5. The molecule has 0 fully saturated rings. The molecule has 76 valence electrons. The fourth-order valence-electron chi connectivity index (χ4n) is 1.45. The van der Waals surface area contributed by atoms with Crippen molar-refractivity contribution in [2.45, 2.75) is 6.42 Å². The molecule has 0 radical (unpaired) electrons. The minimum Gasteiger partial charge on any atom is -0.398 e. The third-order valence-corrected chi connectivity index (χ3v) is 2.48. The molecule has 2 nitrogen and oxygen atoms in total. The van der Waals surface area contributed by atoms with Crippen LogP contribution in [-0.4, -0.2) is 4.98 Å². The Bertz CT molecular complexity index is 454. The van der Waals surface area contributed by atoms with E-state index >= 15 is 0 Å². The van der Waals surface area contributed by atoms with Crippen molar-refractivity contribution >= 4 is 17.3 Å². The number of halogens is 1. The molecule has 0 aliphatic rings. The molecule has 0 spiro atoms. The molecule has 1 heterocycles. The molecule has 2 aromatic rings. The second kappa shape index (κ2) is 4.32. The summed E-state index contributed by atoms with van der Waals surface area (Å²) in [6.45, 7) is 0. The van der Waals surface area contributed by atoms with E-state index in [-0.39, 0.29) is 0 Å².